The molecule has 0 bridgehead atoms. The van der Waals surface area contributed by atoms with Crippen molar-refractivity contribution in [3.05, 3.63) is 89.1 Å². The number of carbonyl (C=O) groups excluding carboxylic acids is 1. The zero-order valence-corrected chi connectivity index (χ0v) is 19.9. The quantitative estimate of drug-likeness (QED) is 0.402. The van der Waals surface area contributed by atoms with Crippen molar-refractivity contribution in [1.82, 2.24) is 9.88 Å². The van der Waals surface area contributed by atoms with E-state index in [0.717, 1.165) is 39.6 Å². The molecule has 2 heterocycles. The molecule has 0 saturated carbocycles. The lowest BCUT2D eigenvalue weighted by Gasteiger charge is -2.21. The number of rotatable bonds is 3. The average Bonchev–Trinajstić information content (AvgIpc) is 3.04. The molecular formula is C26H21ClN2O4S. The number of fused-ring (bicyclic) bond motifs is 2. The number of nitrogens with zero attached hydrogens (tertiary/aromatic N) is 2. The van der Waals surface area contributed by atoms with E-state index < -0.39 is 9.84 Å². The van der Waals surface area contributed by atoms with Crippen LogP contribution in [0.1, 0.15) is 15.9 Å². The Hall–Kier alpha value is -3.42. The highest BCUT2D eigenvalue weighted by Gasteiger charge is 2.24. The Kier molecular flexibility index (Phi) is 5.75. The standard InChI is InChI=1S/C26H21ClN2O4S/c1-34(31,32)21-7-8-22(23(27)14-21)26(30)29-10-11-33-25-9-6-17(12-20(25)16-29)19-13-18-4-2-3-5-24(18)28-15-19/h2-9,12-15H,10-11,16H2,1H3. The van der Waals surface area contributed by atoms with Gasteiger partial charge in [0.25, 0.3) is 5.91 Å². The maximum atomic E-state index is 13.3. The predicted molar refractivity (Wildman–Crippen MR) is 132 cm³/mol. The van der Waals surface area contributed by atoms with Gasteiger partial charge in [-0.15, -0.1) is 0 Å². The molecule has 1 aliphatic heterocycles. The number of pyridine rings is 1. The van der Waals surface area contributed by atoms with Crippen molar-refractivity contribution in [2.75, 3.05) is 19.4 Å². The van der Waals surface area contributed by atoms with Crippen molar-refractivity contribution in [2.45, 2.75) is 11.4 Å². The summed E-state index contributed by atoms with van der Waals surface area (Å²) in [5.41, 5.74) is 4.01. The number of para-hydroxylation sites is 1. The molecule has 0 fully saturated rings. The maximum absolute atomic E-state index is 13.3. The first-order chi connectivity index (χ1) is 16.3. The van der Waals surface area contributed by atoms with Crippen LogP contribution in [-0.4, -0.2) is 43.6 Å². The van der Waals surface area contributed by atoms with Gasteiger partial charge in [0.15, 0.2) is 9.84 Å². The van der Waals surface area contributed by atoms with E-state index in [9.17, 15) is 13.2 Å². The topological polar surface area (TPSA) is 76.6 Å². The summed E-state index contributed by atoms with van der Waals surface area (Å²) < 4.78 is 29.5. The Bertz CT molecular complexity index is 1540. The van der Waals surface area contributed by atoms with Crippen LogP contribution in [0, 0.1) is 0 Å². The van der Waals surface area contributed by atoms with E-state index in [1.807, 2.05) is 48.7 Å². The molecule has 1 aliphatic rings. The van der Waals surface area contributed by atoms with Crippen LogP contribution in [0.15, 0.2) is 77.8 Å². The van der Waals surface area contributed by atoms with Crippen LogP contribution in [0.5, 0.6) is 5.75 Å². The molecule has 0 atom stereocenters. The molecule has 4 aromatic rings. The van der Waals surface area contributed by atoms with Crippen LogP contribution in [0.2, 0.25) is 5.02 Å². The second-order valence-corrected chi connectivity index (χ2v) is 10.7. The summed E-state index contributed by atoms with van der Waals surface area (Å²) in [6.45, 7) is 1.06. The molecule has 0 unspecified atom stereocenters. The lowest BCUT2D eigenvalue weighted by Crippen LogP contribution is -2.32. The third-order valence-corrected chi connectivity index (χ3v) is 7.27. The number of hydrogen-bond acceptors (Lipinski definition) is 5. The monoisotopic (exact) mass is 492 g/mol. The molecule has 172 valence electrons. The summed E-state index contributed by atoms with van der Waals surface area (Å²) in [6.07, 6.45) is 2.94. The second-order valence-electron chi connectivity index (χ2n) is 8.23. The Labute approximate surface area is 202 Å². The van der Waals surface area contributed by atoms with Crippen LogP contribution in [0.25, 0.3) is 22.0 Å². The highest BCUT2D eigenvalue weighted by molar-refractivity contribution is 7.90. The smallest absolute Gasteiger partial charge is 0.255 e. The Morgan fingerprint density at radius 3 is 2.65 bits per heavy atom. The fraction of sp³-hybridized carbons (Fsp3) is 0.154. The summed E-state index contributed by atoms with van der Waals surface area (Å²) in [4.78, 5) is 19.6. The highest BCUT2D eigenvalue weighted by atomic mass is 35.5. The number of hydrogen-bond donors (Lipinski definition) is 0. The molecule has 34 heavy (non-hydrogen) atoms. The third-order valence-electron chi connectivity index (χ3n) is 5.85. The van der Waals surface area contributed by atoms with Crippen LogP contribution in [-0.2, 0) is 16.4 Å². The van der Waals surface area contributed by atoms with Gasteiger partial charge in [0.05, 0.1) is 27.5 Å². The van der Waals surface area contributed by atoms with Gasteiger partial charge in [-0.2, -0.15) is 0 Å². The number of aromatic nitrogens is 1. The van der Waals surface area contributed by atoms with E-state index in [1.165, 1.54) is 18.2 Å². The minimum absolute atomic E-state index is 0.0761. The van der Waals surface area contributed by atoms with Crippen molar-refractivity contribution in [3.63, 3.8) is 0 Å². The van der Waals surface area contributed by atoms with Crippen LogP contribution in [0.4, 0.5) is 0 Å². The summed E-state index contributed by atoms with van der Waals surface area (Å²) in [5, 5.41) is 1.16. The van der Waals surface area contributed by atoms with Gasteiger partial charge < -0.3 is 9.64 Å². The predicted octanol–water partition coefficient (Wildman–Crippen LogP) is 4.99. The fourth-order valence-corrected chi connectivity index (χ4v) is 5.02. The van der Waals surface area contributed by atoms with Crippen molar-refractivity contribution >= 4 is 38.2 Å². The van der Waals surface area contributed by atoms with Gasteiger partial charge in [0, 0.05) is 35.5 Å². The Morgan fingerprint density at radius 1 is 1.03 bits per heavy atom. The fourth-order valence-electron chi connectivity index (χ4n) is 4.05. The van der Waals surface area contributed by atoms with Gasteiger partial charge in [0.1, 0.15) is 12.4 Å². The van der Waals surface area contributed by atoms with Gasteiger partial charge in [-0.1, -0.05) is 35.9 Å². The van der Waals surface area contributed by atoms with Crippen LogP contribution >= 0.6 is 11.6 Å². The zero-order chi connectivity index (χ0) is 23.9. The van der Waals surface area contributed by atoms with Gasteiger partial charge in [-0.25, -0.2) is 8.42 Å². The maximum Gasteiger partial charge on any atom is 0.255 e. The molecule has 0 N–H and O–H groups in total. The first kappa shape index (κ1) is 22.4. The largest absolute Gasteiger partial charge is 0.491 e. The number of amides is 1. The van der Waals surface area contributed by atoms with Gasteiger partial charge in [-0.3, -0.25) is 9.78 Å². The van der Waals surface area contributed by atoms with Crippen molar-refractivity contribution in [1.29, 1.82) is 0 Å². The number of carbonyl (C=O) groups is 1. The highest BCUT2D eigenvalue weighted by Crippen LogP contribution is 2.31. The van der Waals surface area contributed by atoms with Crippen LogP contribution in [0.3, 0.4) is 0 Å². The molecule has 5 rings (SSSR count). The molecule has 0 aliphatic carbocycles. The summed E-state index contributed by atoms with van der Waals surface area (Å²) in [7, 11) is -3.42. The first-order valence-electron chi connectivity index (χ1n) is 10.7. The summed E-state index contributed by atoms with van der Waals surface area (Å²) in [5.74, 6) is 0.450. The molecule has 8 heteroatoms. The molecule has 1 aromatic heterocycles. The SMILES string of the molecule is CS(=O)(=O)c1ccc(C(=O)N2CCOc3ccc(-c4cnc5ccccc5c4)cc3C2)c(Cl)c1. The second kappa shape index (κ2) is 8.74. The molecule has 6 nitrogen and oxygen atoms in total. The molecule has 3 aromatic carbocycles. The minimum Gasteiger partial charge on any atom is -0.491 e. The number of ether oxygens (including phenoxy) is 1. The van der Waals surface area contributed by atoms with Gasteiger partial charge >= 0.3 is 0 Å². The zero-order valence-electron chi connectivity index (χ0n) is 18.4. The molecular weight excluding hydrogens is 472 g/mol. The number of benzene rings is 3. The van der Waals surface area contributed by atoms with Crippen molar-refractivity contribution < 1.29 is 17.9 Å². The molecule has 0 saturated heterocycles. The van der Waals surface area contributed by atoms with E-state index in [-0.39, 0.29) is 21.4 Å². The van der Waals surface area contributed by atoms with E-state index in [0.29, 0.717) is 19.7 Å². The Morgan fingerprint density at radius 2 is 1.85 bits per heavy atom. The number of sulfone groups is 1. The molecule has 0 spiro atoms. The summed E-state index contributed by atoms with van der Waals surface area (Å²) in [6, 6.07) is 20.1. The van der Waals surface area contributed by atoms with Crippen molar-refractivity contribution in [2.24, 2.45) is 0 Å². The van der Waals surface area contributed by atoms with Gasteiger partial charge in [-0.05, 0) is 48.0 Å². The van der Waals surface area contributed by atoms with Gasteiger partial charge in [0.2, 0.25) is 0 Å². The van der Waals surface area contributed by atoms with Crippen molar-refractivity contribution in [3.8, 4) is 16.9 Å². The lowest BCUT2D eigenvalue weighted by atomic mass is 10.0. The van der Waals surface area contributed by atoms with E-state index >= 15 is 0 Å². The van der Waals surface area contributed by atoms with Crippen LogP contribution < -0.4 is 4.74 Å². The number of halogens is 1. The molecule has 1 amide bonds. The molecule has 0 radical (unpaired) electrons. The minimum atomic E-state index is -3.42. The average molecular weight is 493 g/mol. The van der Waals surface area contributed by atoms with E-state index in [4.69, 9.17) is 16.3 Å². The summed E-state index contributed by atoms with van der Waals surface area (Å²) >= 11 is 6.29. The first-order valence-corrected chi connectivity index (χ1v) is 13.0. The van der Waals surface area contributed by atoms with E-state index in [1.54, 1.807) is 4.90 Å². The third kappa shape index (κ3) is 4.36. The Balaban J connectivity index is 1.45. The normalized spacial score (nSPS) is 13.8. The van der Waals surface area contributed by atoms with E-state index in [2.05, 4.69) is 11.1 Å². The lowest BCUT2D eigenvalue weighted by molar-refractivity contribution is 0.0733.